The highest BCUT2D eigenvalue weighted by molar-refractivity contribution is 7.88. The number of furan rings is 1. The van der Waals surface area contributed by atoms with Crippen LogP contribution in [0.15, 0.2) is 34.8 Å². The van der Waals surface area contributed by atoms with Gasteiger partial charge in [0.2, 0.25) is 15.9 Å². The van der Waals surface area contributed by atoms with Gasteiger partial charge in [-0.1, -0.05) is 25.1 Å². The van der Waals surface area contributed by atoms with Crippen LogP contribution < -0.4 is 0 Å². The van der Waals surface area contributed by atoms with Crippen molar-refractivity contribution >= 4 is 33.0 Å². The number of piperazine rings is 1. The van der Waals surface area contributed by atoms with Crippen molar-refractivity contribution in [3.8, 4) is 0 Å². The largest absolute Gasteiger partial charge is 0.460 e. The molecule has 0 bridgehead atoms. The van der Waals surface area contributed by atoms with Gasteiger partial charge in [-0.15, -0.1) is 0 Å². The number of hydrogen-bond donors (Lipinski definition) is 0. The summed E-state index contributed by atoms with van der Waals surface area (Å²) in [7, 11) is -3.19. The van der Waals surface area contributed by atoms with Crippen LogP contribution in [0.5, 0.6) is 0 Å². The van der Waals surface area contributed by atoms with E-state index in [-0.39, 0.29) is 5.91 Å². The highest BCUT2D eigenvalue weighted by atomic mass is 32.2. The standard InChI is InChI=1S/C18H22N2O4S/c1-3-16-15(14-6-4-5-7-17(14)24-16)8-9-18(21)19-10-12-20(13-11-19)25(2,22)23/h4-9H,3,10-13H2,1-2H3/b9-8+. The molecule has 1 aliphatic rings. The summed E-state index contributed by atoms with van der Waals surface area (Å²) in [5.41, 5.74) is 1.74. The first kappa shape index (κ1) is 17.7. The maximum absolute atomic E-state index is 12.4. The van der Waals surface area contributed by atoms with Gasteiger partial charge in [0.15, 0.2) is 0 Å². The fraction of sp³-hybridized carbons (Fsp3) is 0.389. The Hall–Kier alpha value is -2.12. The maximum atomic E-state index is 12.4. The minimum absolute atomic E-state index is 0.111. The molecule has 0 atom stereocenters. The molecule has 1 amide bonds. The number of aryl methyl sites for hydroxylation is 1. The molecule has 134 valence electrons. The summed E-state index contributed by atoms with van der Waals surface area (Å²) in [5.74, 6) is 0.743. The number of amides is 1. The van der Waals surface area contributed by atoms with Gasteiger partial charge in [-0.3, -0.25) is 4.79 Å². The molecule has 1 fully saturated rings. The molecule has 0 saturated carbocycles. The summed E-state index contributed by atoms with van der Waals surface area (Å²) < 4.78 is 30.3. The highest BCUT2D eigenvalue weighted by Crippen LogP contribution is 2.27. The Morgan fingerprint density at radius 1 is 1.20 bits per heavy atom. The Morgan fingerprint density at radius 2 is 1.88 bits per heavy atom. The van der Waals surface area contributed by atoms with Gasteiger partial charge in [0.25, 0.3) is 0 Å². The Labute approximate surface area is 147 Å². The van der Waals surface area contributed by atoms with Crippen LogP contribution in [0.25, 0.3) is 17.0 Å². The lowest BCUT2D eigenvalue weighted by Gasteiger charge is -2.32. The molecular formula is C18H22N2O4S. The molecule has 0 N–H and O–H groups in total. The van der Waals surface area contributed by atoms with Gasteiger partial charge < -0.3 is 9.32 Å². The Bertz CT molecular complexity index is 906. The lowest BCUT2D eigenvalue weighted by atomic mass is 10.1. The molecule has 1 aliphatic heterocycles. The van der Waals surface area contributed by atoms with E-state index in [0.717, 1.165) is 28.7 Å². The zero-order chi connectivity index (χ0) is 18.0. The summed E-state index contributed by atoms with van der Waals surface area (Å²) in [4.78, 5) is 14.1. The summed E-state index contributed by atoms with van der Waals surface area (Å²) in [6.07, 6.45) is 5.29. The summed E-state index contributed by atoms with van der Waals surface area (Å²) in [6.45, 7) is 3.51. The van der Waals surface area contributed by atoms with Crippen molar-refractivity contribution < 1.29 is 17.6 Å². The molecule has 1 aromatic carbocycles. The molecule has 0 radical (unpaired) electrons. The molecule has 2 aromatic rings. The fourth-order valence-corrected chi connectivity index (χ4v) is 3.89. The fourth-order valence-electron chi connectivity index (χ4n) is 3.06. The number of carbonyl (C=O) groups is 1. The van der Waals surface area contributed by atoms with Crippen LogP contribution in [0.4, 0.5) is 0 Å². The van der Waals surface area contributed by atoms with Crippen molar-refractivity contribution in [2.24, 2.45) is 0 Å². The summed E-state index contributed by atoms with van der Waals surface area (Å²) in [6, 6.07) is 7.76. The zero-order valence-electron chi connectivity index (χ0n) is 14.4. The molecule has 0 aliphatic carbocycles. The molecule has 0 unspecified atom stereocenters. The van der Waals surface area contributed by atoms with E-state index in [4.69, 9.17) is 4.42 Å². The highest BCUT2D eigenvalue weighted by Gasteiger charge is 2.25. The molecule has 2 heterocycles. The van der Waals surface area contributed by atoms with Gasteiger partial charge in [-0.05, 0) is 12.1 Å². The Morgan fingerprint density at radius 3 is 2.52 bits per heavy atom. The van der Waals surface area contributed by atoms with Crippen LogP contribution in [0.3, 0.4) is 0 Å². The molecule has 1 saturated heterocycles. The monoisotopic (exact) mass is 362 g/mol. The van der Waals surface area contributed by atoms with Crippen molar-refractivity contribution in [1.29, 1.82) is 0 Å². The van der Waals surface area contributed by atoms with E-state index < -0.39 is 10.0 Å². The number of benzene rings is 1. The first-order chi connectivity index (χ1) is 11.9. The van der Waals surface area contributed by atoms with Crippen LogP contribution >= 0.6 is 0 Å². The minimum Gasteiger partial charge on any atom is -0.460 e. The number of carbonyl (C=O) groups excluding carboxylic acids is 1. The average Bonchev–Trinajstić information content (AvgIpc) is 2.97. The summed E-state index contributed by atoms with van der Waals surface area (Å²) >= 11 is 0. The molecule has 1 aromatic heterocycles. The van der Waals surface area contributed by atoms with Crippen LogP contribution in [0.1, 0.15) is 18.2 Å². The van der Waals surface area contributed by atoms with Gasteiger partial charge in [0, 0.05) is 49.6 Å². The maximum Gasteiger partial charge on any atom is 0.246 e. The number of rotatable bonds is 4. The number of para-hydroxylation sites is 1. The zero-order valence-corrected chi connectivity index (χ0v) is 15.3. The number of sulfonamides is 1. The van der Waals surface area contributed by atoms with E-state index in [1.807, 2.05) is 31.2 Å². The predicted molar refractivity (Wildman–Crippen MR) is 97.6 cm³/mol. The van der Waals surface area contributed by atoms with Crippen LogP contribution in [0, 0.1) is 0 Å². The van der Waals surface area contributed by atoms with Crippen molar-refractivity contribution in [2.75, 3.05) is 32.4 Å². The van der Waals surface area contributed by atoms with Crippen molar-refractivity contribution in [2.45, 2.75) is 13.3 Å². The molecule has 0 spiro atoms. The van der Waals surface area contributed by atoms with Gasteiger partial charge in [0.05, 0.1) is 6.26 Å². The molecule has 25 heavy (non-hydrogen) atoms. The molecule has 6 nitrogen and oxygen atoms in total. The lowest BCUT2D eigenvalue weighted by molar-refractivity contribution is -0.127. The van der Waals surface area contributed by atoms with E-state index in [0.29, 0.717) is 26.2 Å². The lowest BCUT2D eigenvalue weighted by Crippen LogP contribution is -2.49. The van der Waals surface area contributed by atoms with Gasteiger partial charge in [-0.2, -0.15) is 4.31 Å². The Kier molecular flexibility index (Phi) is 4.96. The van der Waals surface area contributed by atoms with Crippen molar-refractivity contribution in [3.63, 3.8) is 0 Å². The second-order valence-electron chi connectivity index (χ2n) is 6.11. The second kappa shape index (κ2) is 7.01. The third-order valence-corrected chi connectivity index (χ3v) is 5.75. The normalized spacial score (nSPS) is 16.8. The Balaban J connectivity index is 1.74. The van der Waals surface area contributed by atoms with E-state index in [2.05, 4.69) is 0 Å². The van der Waals surface area contributed by atoms with Gasteiger partial charge >= 0.3 is 0 Å². The van der Waals surface area contributed by atoms with Gasteiger partial charge in [-0.25, -0.2) is 8.42 Å². The van der Waals surface area contributed by atoms with Crippen molar-refractivity contribution in [3.05, 3.63) is 41.7 Å². The number of fused-ring (bicyclic) bond motifs is 1. The van der Waals surface area contributed by atoms with E-state index in [9.17, 15) is 13.2 Å². The number of hydrogen-bond acceptors (Lipinski definition) is 4. The average molecular weight is 362 g/mol. The second-order valence-corrected chi connectivity index (χ2v) is 8.09. The van der Waals surface area contributed by atoms with E-state index >= 15 is 0 Å². The topological polar surface area (TPSA) is 70.8 Å². The third kappa shape index (κ3) is 3.77. The van der Waals surface area contributed by atoms with E-state index in [1.54, 1.807) is 17.1 Å². The molecule has 7 heteroatoms. The quantitative estimate of drug-likeness (QED) is 0.781. The van der Waals surface area contributed by atoms with Crippen LogP contribution in [-0.2, 0) is 21.2 Å². The predicted octanol–water partition coefficient (Wildman–Crippen LogP) is 2.11. The van der Waals surface area contributed by atoms with Crippen LogP contribution in [-0.4, -0.2) is 56.0 Å². The summed E-state index contributed by atoms with van der Waals surface area (Å²) in [5, 5.41) is 0.991. The molecule has 3 rings (SSSR count). The first-order valence-electron chi connectivity index (χ1n) is 8.32. The third-order valence-electron chi connectivity index (χ3n) is 4.44. The minimum atomic E-state index is -3.19. The first-order valence-corrected chi connectivity index (χ1v) is 10.2. The van der Waals surface area contributed by atoms with Crippen LogP contribution in [0.2, 0.25) is 0 Å². The smallest absolute Gasteiger partial charge is 0.246 e. The van der Waals surface area contributed by atoms with Crippen molar-refractivity contribution in [1.82, 2.24) is 9.21 Å². The SMILES string of the molecule is CCc1oc2ccccc2c1/C=C/C(=O)N1CCN(S(C)(=O)=O)CC1. The van der Waals surface area contributed by atoms with Gasteiger partial charge in [0.1, 0.15) is 11.3 Å². The van der Waals surface area contributed by atoms with E-state index in [1.165, 1.54) is 10.6 Å². The number of nitrogens with zero attached hydrogens (tertiary/aromatic N) is 2. The molecular weight excluding hydrogens is 340 g/mol.